The van der Waals surface area contributed by atoms with E-state index in [1.165, 1.54) is 11.5 Å². The number of nitrogens with one attached hydrogen (secondary N) is 1. The van der Waals surface area contributed by atoms with Crippen LogP contribution in [0, 0.1) is 6.92 Å². The average Bonchev–Trinajstić information content (AvgIpc) is 2.85. The van der Waals surface area contributed by atoms with E-state index < -0.39 is 29.8 Å². The summed E-state index contributed by atoms with van der Waals surface area (Å²) in [6.07, 6.45) is -2.38. The van der Waals surface area contributed by atoms with Crippen LogP contribution in [0.1, 0.15) is 36.0 Å². The number of alkyl halides is 2. The number of halogens is 2. The SMILES string of the molecule is Cc1nc2sc(C(F)F)cc2c(=O)n1C1CCC(=O)NC1=O. The number of fused-ring (bicyclic) bond motifs is 1. The van der Waals surface area contributed by atoms with Crippen LogP contribution in [0.5, 0.6) is 0 Å². The zero-order valence-corrected chi connectivity index (χ0v) is 12.2. The van der Waals surface area contributed by atoms with Crippen molar-refractivity contribution in [2.45, 2.75) is 32.2 Å². The van der Waals surface area contributed by atoms with Crippen molar-refractivity contribution in [1.82, 2.24) is 14.9 Å². The molecule has 0 spiro atoms. The Kier molecular flexibility index (Phi) is 3.51. The van der Waals surface area contributed by atoms with Crippen molar-refractivity contribution >= 4 is 33.4 Å². The Morgan fingerprint density at radius 3 is 2.77 bits per heavy atom. The summed E-state index contributed by atoms with van der Waals surface area (Å²) in [6.45, 7) is 1.53. The van der Waals surface area contributed by atoms with Crippen molar-refractivity contribution in [2.24, 2.45) is 0 Å². The van der Waals surface area contributed by atoms with E-state index in [-0.39, 0.29) is 33.8 Å². The summed E-state index contributed by atoms with van der Waals surface area (Å²) in [5.41, 5.74) is -0.542. The fraction of sp³-hybridized carbons (Fsp3) is 0.385. The van der Waals surface area contributed by atoms with Crippen LogP contribution in [0.15, 0.2) is 10.9 Å². The number of thiophene rings is 1. The van der Waals surface area contributed by atoms with Gasteiger partial charge < -0.3 is 0 Å². The van der Waals surface area contributed by atoms with Crippen LogP contribution in [0.2, 0.25) is 0 Å². The zero-order chi connectivity index (χ0) is 16.0. The highest BCUT2D eigenvalue weighted by Gasteiger charge is 2.31. The molecule has 1 aliphatic rings. The van der Waals surface area contributed by atoms with Gasteiger partial charge in [0.2, 0.25) is 11.8 Å². The minimum atomic E-state index is -2.68. The van der Waals surface area contributed by atoms with Crippen molar-refractivity contribution in [2.75, 3.05) is 0 Å². The molecule has 1 unspecified atom stereocenters. The maximum atomic E-state index is 12.8. The van der Waals surface area contributed by atoms with Gasteiger partial charge in [-0.3, -0.25) is 24.3 Å². The standard InChI is InChI=1S/C13H11F2N3O3S/c1-5-16-12-6(4-8(22-12)10(14)15)13(21)18(5)7-2-3-9(19)17-11(7)20/h4,7,10H,2-3H2,1H3,(H,17,19,20). The van der Waals surface area contributed by atoms with Crippen LogP contribution >= 0.6 is 11.3 Å². The molecule has 1 aliphatic heterocycles. The van der Waals surface area contributed by atoms with Crippen molar-refractivity contribution in [3.8, 4) is 0 Å². The van der Waals surface area contributed by atoms with Crippen molar-refractivity contribution in [3.05, 3.63) is 27.1 Å². The maximum Gasteiger partial charge on any atom is 0.272 e. The molecule has 0 bridgehead atoms. The molecule has 2 aromatic heterocycles. The Bertz CT molecular complexity index is 843. The van der Waals surface area contributed by atoms with E-state index in [9.17, 15) is 23.2 Å². The second-order valence-corrected chi connectivity index (χ2v) is 6.03. The lowest BCUT2D eigenvalue weighted by molar-refractivity contribution is -0.135. The van der Waals surface area contributed by atoms with Crippen molar-refractivity contribution < 1.29 is 18.4 Å². The minimum Gasteiger partial charge on any atom is -0.295 e. The van der Waals surface area contributed by atoms with Gasteiger partial charge in [-0.25, -0.2) is 13.8 Å². The molecule has 1 fully saturated rings. The molecule has 1 N–H and O–H groups in total. The number of amides is 2. The highest BCUT2D eigenvalue weighted by atomic mass is 32.1. The summed E-state index contributed by atoms with van der Waals surface area (Å²) in [5, 5.41) is 2.24. The van der Waals surface area contributed by atoms with Crippen LogP contribution in [0.3, 0.4) is 0 Å². The van der Waals surface area contributed by atoms with Gasteiger partial charge in [0, 0.05) is 6.42 Å². The molecule has 3 heterocycles. The largest absolute Gasteiger partial charge is 0.295 e. The van der Waals surface area contributed by atoms with Gasteiger partial charge in [0.1, 0.15) is 16.7 Å². The van der Waals surface area contributed by atoms with Gasteiger partial charge in [0.05, 0.1) is 10.3 Å². The number of carbonyl (C=O) groups excluding carboxylic acids is 2. The van der Waals surface area contributed by atoms with E-state index in [2.05, 4.69) is 10.3 Å². The number of aryl methyl sites for hydroxylation is 1. The number of imide groups is 1. The molecule has 1 saturated heterocycles. The zero-order valence-electron chi connectivity index (χ0n) is 11.4. The van der Waals surface area contributed by atoms with E-state index in [0.717, 1.165) is 17.4 Å². The lowest BCUT2D eigenvalue weighted by atomic mass is 10.1. The second-order valence-electron chi connectivity index (χ2n) is 4.97. The fourth-order valence-corrected chi connectivity index (χ4v) is 3.44. The molecule has 1 atom stereocenters. The van der Waals surface area contributed by atoms with E-state index in [1.54, 1.807) is 0 Å². The number of hydrogen-bond donors (Lipinski definition) is 1. The first kappa shape index (κ1) is 14.8. The second kappa shape index (κ2) is 5.24. The first-order valence-electron chi connectivity index (χ1n) is 6.53. The van der Waals surface area contributed by atoms with Crippen LogP contribution in [0.25, 0.3) is 10.2 Å². The summed E-state index contributed by atoms with van der Waals surface area (Å²) >= 11 is 0.761. The summed E-state index contributed by atoms with van der Waals surface area (Å²) in [4.78, 5) is 39.8. The van der Waals surface area contributed by atoms with Gasteiger partial charge in [-0.2, -0.15) is 0 Å². The minimum absolute atomic E-state index is 0.0654. The van der Waals surface area contributed by atoms with E-state index >= 15 is 0 Å². The normalized spacial score (nSPS) is 19.0. The topological polar surface area (TPSA) is 81.1 Å². The molecule has 6 nitrogen and oxygen atoms in total. The van der Waals surface area contributed by atoms with E-state index in [4.69, 9.17) is 0 Å². The molecule has 9 heteroatoms. The predicted octanol–water partition coefficient (Wildman–Crippen LogP) is 1.68. The van der Waals surface area contributed by atoms with Crippen LogP contribution < -0.4 is 10.9 Å². The van der Waals surface area contributed by atoms with Crippen molar-refractivity contribution in [1.29, 1.82) is 0 Å². The predicted molar refractivity (Wildman–Crippen MR) is 75.0 cm³/mol. The van der Waals surface area contributed by atoms with Gasteiger partial charge >= 0.3 is 0 Å². The lowest BCUT2D eigenvalue weighted by Gasteiger charge is -2.24. The summed E-state index contributed by atoms with van der Waals surface area (Å²) < 4.78 is 26.7. The third kappa shape index (κ3) is 2.31. The Morgan fingerprint density at radius 1 is 1.41 bits per heavy atom. The monoisotopic (exact) mass is 327 g/mol. The summed E-state index contributed by atoms with van der Waals surface area (Å²) in [6, 6.07) is 0.263. The van der Waals surface area contributed by atoms with E-state index in [0.29, 0.717) is 0 Å². The molecule has 116 valence electrons. The lowest BCUT2D eigenvalue weighted by Crippen LogP contribution is -2.45. The van der Waals surface area contributed by atoms with Crippen LogP contribution in [-0.4, -0.2) is 21.4 Å². The molecular weight excluding hydrogens is 316 g/mol. The fourth-order valence-electron chi connectivity index (χ4n) is 2.52. The number of rotatable bonds is 2. The van der Waals surface area contributed by atoms with Gasteiger partial charge in [-0.15, -0.1) is 11.3 Å². The number of nitrogens with zero attached hydrogens (tertiary/aromatic N) is 2. The molecule has 0 saturated carbocycles. The molecule has 2 aromatic rings. The molecule has 2 amide bonds. The van der Waals surface area contributed by atoms with Crippen LogP contribution in [0.4, 0.5) is 8.78 Å². The quantitative estimate of drug-likeness (QED) is 0.851. The molecule has 22 heavy (non-hydrogen) atoms. The molecule has 0 aliphatic carbocycles. The maximum absolute atomic E-state index is 12.8. The third-order valence-electron chi connectivity index (χ3n) is 3.53. The highest BCUT2D eigenvalue weighted by Crippen LogP contribution is 2.30. The average molecular weight is 327 g/mol. The van der Waals surface area contributed by atoms with Gasteiger partial charge in [0.25, 0.3) is 12.0 Å². The van der Waals surface area contributed by atoms with Gasteiger partial charge in [0.15, 0.2) is 0 Å². The van der Waals surface area contributed by atoms with Gasteiger partial charge in [-0.1, -0.05) is 0 Å². The Morgan fingerprint density at radius 2 is 2.14 bits per heavy atom. The first-order valence-corrected chi connectivity index (χ1v) is 7.34. The highest BCUT2D eigenvalue weighted by molar-refractivity contribution is 7.18. The number of aromatic nitrogens is 2. The Labute approximate surface area is 126 Å². The first-order chi connectivity index (χ1) is 10.4. The Balaban J connectivity index is 2.16. The number of piperidine rings is 1. The summed E-state index contributed by atoms with van der Waals surface area (Å²) in [5.74, 6) is -0.710. The molecule has 0 radical (unpaired) electrons. The van der Waals surface area contributed by atoms with Gasteiger partial charge in [-0.05, 0) is 19.4 Å². The van der Waals surface area contributed by atoms with E-state index in [1.807, 2.05) is 0 Å². The Hall–Kier alpha value is -2.16. The molecule has 0 aromatic carbocycles. The number of carbonyl (C=O) groups is 2. The summed E-state index contributed by atoms with van der Waals surface area (Å²) in [7, 11) is 0. The van der Waals surface area contributed by atoms with Crippen molar-refractivity contribution in [3.63, 3.8) is 0 Å². The smallest absolute Gasteiger partial charge is 0.272 e. The third-order valence-corrected chi connectivity index (χ3v) is 4.57. The number of hydrogen-bond acceptors (Lipinski definition) is 5. The van der Waals surface area contributed by atoms with Crippen LogP contribution in [-0.2, 0) is 9.59 Å². The molecular formula is C13H11F2N3O3S. The molecule has 3 rings (SSSR count).